The van der Waals surface area contributed by atoms with E-state index in [1.165, 1.54) is 11.4 Å². The number of morpholine rings is 1. The Bertz CT molecular complexity index is 1080. The van der Waals surface area contributed by atoms with E-state index in [0.717, 1.165) is 11.5 Å². The molecule has 0 spiro atoms. The Balaban J connectivity index is 1.93. The highest BCUT2D eigenvalue weighted by molar-refractivity contribution is 7.03. The number of rotatable bonds is 5. The van der Waals surface area contributed by atoms with Crippen LogP contribution in [0.4, 0.5) is 14.5 Å². The van der Waals surface area contributed by atoms with Crippen LogP contribution < -0.4 is 15.5 Å². The summed E-state index contributed by atoms with van der Waals surface area (Å²) in [5.74, 6) is -2.48. The van der Waals surface area contributed by atoms with Gasteiger partial charge in [-0.05, 0) is 43.4 Å². The van der Waals surface area contributed by atoms with E-state index in [9.17, 15) is 9.59 Å². The average Bonchev–Trinajstić information content (AvgIpc) is 3.29. The second-order valence-electron chi connectivity index (χ2n) is 8.12. The minimum absolute atomic E-state index is 0.0409. The Morgan fingerprint density at radius 3 is 2.78 bits per heavy atom. The molecule has 1 amide bonds. The third-order valence-electron chi connectivity index (χ3n) is 6.07. The van der Waals surface area contributed by atoms with E-state index in [1.807, 2.05) is 0 Å². The number of nitrogens with zero attached hydrogens (tertiary/aromatic N) is 3. The standard InChI is InChI=1S/C21H23F2N5O3S/c1-10-7-28-18-13(5-14(16(22)17(18)23)15-8-32-27-26-15)6-21(9-29,19(28)11(2)31-10)20(30)25-12(3)24-4/h5,8-11,19,24H,3,6-7H2,1-2,4H3,(H,25,30)/t10?,11-,19+,21?/m1/s1. The number of halogens is 2. The van der Waals surface area contributed by atoms with E-state index in [-0.39, 0.29) is 41.8 Å². The van der Waals surface area contributed by atoms with Crippen LogP contribution in [0, 0.1) is 17.0 Å². The number of hydrogen-bond acceptors (Lipinski definition) is 8. The summed E-state index contributed by atoms with van der Waals surface area (Å²) in [5, 5.41) is 10.7. The highest BCUT2D eigenvalue weighted by atomic mass is 32.1. The largest absolute Gasteiger partial charge is 0.375 e. The number of amides is 1. The van der Waals surface area contributed by atoms with E-state index < -0.39 is 35.1 Å². The fourth-order valence-electron chi connectivity index (χ4n) is 4.75. The third-order valence-corrected chi connectivity index (χ3v) is 6.58. The topological polar surface area (TPSA) is 96.5 Å². The van der Waals surface area contributed by atoms with Crippen LogP contribution in [0.15, 0.2) is 23.8 Å². The lowest BCUT2D eigenvalue weighted by molar-refractivity contribution is -0.144. The molecule has 1 aromatic carbocycles. The van der Waals surface area contributed by atoms with Gasteiger partial charge < -0.3 is 25.1 Å². The van der Waals surface area contributed by atoms with Crippen molar-refractivity contribution < 1.29 is 23.1 Å². The number of carbonyl (C=O) groups excluding carboxylic acids is 2. The highest BCUT2D eigenvalue weighted by Crippen LogP contribution is 2.47. The summed E-state index contributed by atoms with van der Waals surface area (Å²) in [5.41, 5.74) is -1.12. The smallest absolute Gasteiger partial charge is 0.241 e. The van der Waals surface area contributed by atoms with Crippen LogP contribution in [0.25, 0.3) is 11.3 Å². The van der Waals surface area contributed by atoms with Crippen molar-refractivity contribution in [3.63, 3.8) is 0 Å². The minimum Gasteiger partial charge on any atom is -0.375 e. The van der Waals surface area contributed by atoms with Gasteiger partial charge in [0.05, 0.1) is 29.8 Å². The summed E-state index contributed by atoms with van der Waals surface area (Å²) < 4.78 is 40.2. The molecule has 4 rings (SSSR count). The molecule has 2 aromatic rings. The van der Waals surface area contributed by atoms with Crippen LogP contribution in [0.2, 0.25) is 0 Å². The van der Waals surface area contributed by atoms with Gasteiger partial charge in [0.2, 0.25) is 5.91 Å². The zero-order chi connectivity index (χ0) is 23.2. The molecule has 0 aliphatic carbocycles. The highest BCUT2D eigenvalue weighted by Gasteiger charge is 2.57. The predicted molar refractivity (Wildman–Crippen MR) is 115 cm³/mol. The number of nitrogens with one attached hydrogen (secondary N) is 2. The lowest BCUT2D eigenvalue weighted by atomic mass is 9.68. The van der Waals surface area contributed by atoms with Crippen LogP contribution in [-0.4, -0.2) is 53.6 Å². The van der Waals surface area contributed by atoms with Crippen molar-refractivity contribution in [1.82, 2.24) is 20.2 Å². The first kappa shape index (κ1) is 22.3. The van der Waals surface area contributed by atoms with Gasteiger partial charge in [0.25, 0.3) is 0 Å². The molecule has 8 nitrogen and oxygen atoms in total. The average molecular weight is 464 g/mol. The number of aldehydes is 1. The molecule has 2 N–H and O–H groups in total. The summed E-state index contributed by atoms with van der Waals surface area (Å²) in [4.78, 5) is 27.5. The molecule has 32 heavy (non-hydrogen) atoms. The summed E-state index contributed by atoms with van der Waals surface area (Å²) in [7, 11) is 1.58. The van der Waals surface area contributed by atoms with E-state index in [2.05, 4.69) is 26.8 Å². The molecule has 170 valence electrons. The molecule has 2 aliphatic heterocycles. The molecule has 4 atom stereocenters. The van der Waals surface area contributed by atoms with Crippen LogP contribution in [0.1, 0.15) is 19.4 Å². The molecular formula is C21H23F2N5O3S. The summed E-state index contributed by atoms with van der Waals surface area (Å²) >= 11 is 1.01. The Kier molecular flexibility index (Phi) is 5.72. The van der Waals surface area contributed by atoms with Crippen molar-refractivity contribution in [1.29, 1.82) is 0 Å². The number of ether oxygens (including phenoxy) is 1. The van der Waals surface area contributed by atoms with Gasteiger partial charge in [0, 0.05) is 24.5 Å². The van der Waals surface area contributed by atoms with Crippen LogP contribution in [-0.2, 0) is 20.7 Å². The van der Waals surface area contributed by atoms with Crippen LogP contribution >= 0.6 is 11.5 Å². The van der Waals surface area contributed by atoms with Crippen molar-refractivity contribution in [3.05, 3.63) is 41.0 Å². The van der Waals surface area contributed by atoms with Gasteiger partial charge in [-0.1, -0.05) is 11.1 Å². The van der Waals surface area contributed by atoms with Crippen LogP contribution in [0.3, 0.4) is 0 Å². The third kappa shape index (κ3) is 3.36. The number of fused-ring (bicyclic) bond motifs is 3. The lowest BCUT2D eigenvalue weighted by Gasteiger charge is -2.54. The molecule has 1 saturated heterocycles. The lowest BCUT2D eigenvalue weighted by Crippen LogP contribution is -2.68. The maximum atomic E-state index is 15.5. The second-order valence-corrected chi connectivity index (χ2v) is 8.73. The molecule has 0 radical (unpaired) electrons. The Morgan fingerprint density at radius 2 is 2.16 bits per heavy atom. The SMILES string of the molecule is C=C(NC)NC(=O)C1(C=O)Cc2cc(-c3csnn3)c(F)c(F)c2N2CC(C)O[C@H](C)[C@H]21. The summed E-state index contributed by atoms with van der Waals surface area (Å²) in [6.45, 7) is 7.41. The van der Waals surface area contributed by atoms with Gasteiger partial charge in [-0.3, -0.25) is 4.79 Å². The molecule has 1 aromatic heterocycles. The molecule has 0 saturated carbocycles. The Hall–Kier alpha value is -2.92. The molecule has 3 heterocycles. The number of hydrogen-bond donors (Lipinski definition) is 2. The zero-order valence-electron chi connectivity index (χ0n) is 17.8. The van der Waals surface area contributed by atoms with Gasteiger partial charge in [0.1, 0.15) is 17.4 Å². The second kappa shape index (κ2) is 8.21. The molecule has 1 fully saturated rings. The first-order valence-corrected chi connectivity index (χ1v) is 10.9. The first-order valence-electron chi connectivity index (χ1n) is 10.1. The first-order chi connectivity index (χ1) is 15.2. The normalized spacial score (nSPS) is 26.7. The molecule has 11 heteroatoms. The Morgan fingerprint density at radius 1 is 1.41 bits per heavy atom. The van der Waals surface area contributed by atoms with Crippen LogP contribution in [0.5, 0.6) is 0 Å². The van der Waals surface area contributed by atoms with Crippen molar-refractivity contribution in [2.24, 2.45) is 5.41 Å². The monoisotopic (exact) mass is 463 g/mol. The van der Waals surface area contributed by atoms with E-state index in [4.69, 9.17) is 4.74 Å². The number of aromatic nitrogens is 2. The van der Waals surface area contributed by atoms with Crippen molar-refractivity contribution in [3.8, 4) is 11.3 Å². The minimum atomic E-state index is -1.62. The van der Waals surface area contributed by atoms with E-state index >= 15 is 8.78 Å². The summed E-state index contributed by atoms with van der Waals surface area (Å²) in [6.07, 6.45) is -0.487. The molecule has 0 bridgehead atoms. The van der Waals surface area contributed by atoms with Crippen molar-refractivity contribution in [2.75, 3.05) is 18.5 Å². The van der Waals surface area contributed by atoms with Gasteiger partial charge in [-0.2, -0.15) is 0 Å². The van der Waals surface area contributed by atoms with E-state index in [0.29, 0.717) is 11.8 Å². The maximum Gasteiger partial charge on any atom is 0.241 e. The Labute approximate surface area is 187 Å². The fourth-order valence-corrected chi connectivity index (χ4v) is 5.21. The quantitative estimate of drug-likeness (QED) is 0.517. The van der Waals surface area contributed by atoms with Gasteiger partial charge in [-0.15, -0.1) is 5.10 Å². The summed E-state index contributed by atoms with van der Waals surface area (Å²) in [6, 6.07) is 0.609. The predicted octanol–water partition coefficient (Wildman–Crippen LogP) is 2.01. The van der Waals surface area contributed by atoms with Gasteiger partial charge in [0.15, 0.2) is 11.6 Å². The van der Waals surface area contributed by atoms with Crippen molar-refractivity contribution in [2.45, 2.75) is 38.5 Å². The number of carbonyl (C=O) groups is 2. The molecule has 2 unspecified atom stereocenters. The number of benzene rings is 1. The molecular weight excluding hydrogens is 440 g/mol. The fraction of sp³-hybridized carbons (Fsp3) is 0.429. The van der Waals surface area contributed by atoms with Gasteiger partial charge >= 0.3 is 0 Å². The maximum absolute atomic E-state index is 15.5. The zero-order valence-corrected chi connectivity index (χ0v) is 18.6. The van der Waals surface area contributed by atoms with E-state index in [1.54, 1.807) is 25.8 Å². The van der Waals surface area contributed by atoms with Crippen molar-refractivity contribution >= 4 is 29.4 Å². The van der Waals surface area contributed by atoms with Gasteiger partial charge in [-0.25, -0.2) is 8.78 Å². The number of anilines is 1. The molecule has 2 aliphatic rings.